The van der Waals surface area contributed by atoms with E-state index in [0.29, 0.717) is 0 Å². The number of sulfone groups is 1. The van der Waals surface area contributed by atoms with Crippen LogP contribution in [0.1, 0.15) is 0 Å². The zero-order valence-corrected chi connectivity index (χ0v) is 6.25. The standard InChI is InChI=1S/C6H4N2O2S/c7-3-1-5-11(9,10)6-2-4-8/h1-2,5-6H. The molecule has 4 nitrogen and oxygen atoms in total. The predicted molar refractivity (Wildman–Crippen MR) is 38.4 cm³/mol. The first-order chi connectivity index (χ1) is 5.12. The quantitative estimate of drug-likeness (QED) is 0.561. The Labute approximate surface area is 64.6 Å². The maximum atomic E-state index is 10.7. The van der Waals surface area contributed by atoms with Gasteiger partial charge in [-0.15, -0.1) is 0 Å². The minimum Gasteiger partial charge on any atom is -0.220 e. The van der Waals surface area contributed by atoms with Gasteiger partial charge in [0.15, 0.2) is 9.84 Å². The Hall–Kier alpha value is -1.59. The largest absolute Gasteiger partial charge is 0.220 e. The van der Waals surface area contributed by atoms with Gasteiger partial charge in [-0.2, -0.15) is 10.5 Å². The van der Waals surface area contributed by atoms with Gasteiger partial charge in [0.2, 0.25) is 0 Å². The molecule has 5 heteroatoms. The monoisotopic (exact) mass is 168 g/mol. The first-order valence-electron chi connectivity index (χ1n) is 2.50. The zero-order valence-electron chi connectivity index (χ0n) is 5.43. The lowest BCUT2D eigenvalue weighted by molar-refractivity contribution is 0.612. The van der Waals surface area contributed by atoms with E-state index in [0.717, 1.165) is 23.0 Å². The number of hydrogen-bond donors (Lipinski definition) is 0. The molecule has 0 amide bonds. The lowest BCUT2D eigenvalue weighted by Crippen LogP contribution is -1.86. The molecular formula is C6H4N2O2S. The van der Waals surface area contributed by atoms with Crippen LogP contribution in [0, 0.1) is 22.7 Å². The van der Waals surface area contributed by atoms with Crippen molar-refractivity contribution in [3.63, 3.8) is 0 Å². The first-order valence-corrected chi connectivity index (χ1v) is 4.11. The Kier molecular flexibility index (Phi) is 3.65. The third-order valence-electron chi connectivity index (χ3n) is 0.665. The van der Waals surface area contributed by atoms with Crippen molar-refractivity contribution in [2.45, 2.75) is 0 Å². The maximum absolute atomic E-state index is 10.7. The van der Waals surface area contributed by atoms with E-state index in [9.17, 15) is 8.42 Å². The number of hydrogen-bond acceptors (Lipinski definition) is 4. The van der Waals surface area contributed by atoms with Gasteiger partial charge in [-0.25, -0.2) is 8.42 Å². The summed E-state index contributed by atoms with van der Waals surface area (Å²) in [4.78, 5) is 0. The van der Waals surface area contributed by atoms with Crippen LogP contribution < -0.4 is 0 Å². The van der Waals surface area contributed by atoms with Crippen molar-refractivity contribution in [1.82, 2.24) is 0 Å². The second kappa shape index (κ2) is 4.26. The summed E-state index contributed by atoms with van der Waals surface area (Å²) in [5.74, 6) is 0. The third-order valence-corrected chi connectivity index (χ3v) is 1.70. The van der Waals surface area contributed by atoms with Crippen LogP contribution in [0.2, 0.25) is 0 Å². The van der Waals surface area contributed by atoms with Crippen LogP contribution in [0.5, 0.6) is 0 Å². The summed E-state index contributed by atoms with van der Waals surface area (Å²) >= 11 is 0. The molecule has 0 saturated carbocycles. The van der Waals surface area contributed by atoms with Gasteiger partial charge in [-0.05, 0) is 0 Å². The molecule has 0 heterocycles. The summed E-state index contributed by atoms with van der Waals surface area (Å²) in [5, 5.41) is 17.4. The molecule has 0 N–H and O–H groups in total. The number of nitrogens with zero attached hydrogens (tertiary/aromatic N) is 2. The molecule has 0 fully saturated rings. The molecule has 56 valence electrons. The van der Waals surface area contributed by atoms with Crippen LogP contribution in [0.25, 0.3) is 0 Å². The van der Waals surface area contributed by atoms with E-state index in [-0.39, 0.29) is 0 Å². The molecule has 0 aliphatic heterocycles. The van der Waals surface area contributed by atoms with Crippen LogP contribution in [-0.4, -0.2) is 8.42 Å². The SMILES string of the molecule is N#CC=CS(=O)(=O)C=CC#N. The molecule has 0 rings (SSSR count). The smallest absolute Gasteiger partial charge is 0.194 e. The van der Waals surface area contributed by atoms with Crippen LogP contribution in [0.4, 0.5) is 0 Å². The summed E-state index contributed by atoms with van der Waals surface area (Å²) in [5.41, 5.74) is 0. The minimum absolute atomic E-state index is 0.723. The topological polar surface area (TPSA) is 81.7 Å². The molecule has 0 aliphatic rings. The Balaban J connectivity index is 4.57. The average molecular weight is 168 g/mol. The maximum Gasteiger partial charge on any atom is 0.194 e. The van der Waals surface area contributed by atoms with Gasteiger partial charge in [0.25, 0.3) is 0 Å². The number of rotatable bonds is 2. The van der Waals surface area contributed by atoms with Crippen LogP contribution >= 0.6 is 0 Å². The van der Waals surface area contributed by atoms with E-state index in [2.05, 4.69) is 0 Å². The number of nitriles is 2. The minimum atomic E-state index is -3.51. The van der Waals surface area contributed by atoms with Crippen molar-refractivity contribution < 1.29 is 8.42 Å². The van der Waals surface area contributed by atoms with Crippen molar-refractivity contribution in [1.29, 1.82) is 10.5 Å². The molecule has 0 aromatic heterocycles. The summed E-state index contributed by atoms with van der Waals surface area (Å²) in [6.45, 7) is 0. The number of allylic oxidation sites excluding steroid dienone is 2. The average Bonchev–Trinajstić information content (AvgIpc) is 1.97. The van der Waals surface area contributed by atoms with E-state index in [1.165, 1.54) is 12.1 Å². The fourth-order valence-electron chi connectivity index (χ4n) is 0.296. The van der Waals surface area contributed by atoms with Crippen LogP contribution in [0.15, 0.2) is 23.0 Å². The van der Waals surface area contributed by atoms with Gasteiger partial charge >= 0.3 is 0 Å². The second-order valence-electron chi connectivity index (χ2n) is 1.45. The Bertz CT molecular complexity index is 321. The first kappa shape index (κ1) is 9.41. The Morgan fingerprint density at radius 3 is 1.64 bits per heavy atom. The molecular weight excluding hydrogens is 164 g/mol. The van der Waals surface area contributed by atoms with E-state index >= 15 is 0 Å². The normalized spacial score (nSPS) is 11.5. The van der Waals surface area contributed by atoms with Crippen LogP contribution in [-0.2, 0) is 9.84 Å². The van der Waals surface area contributed by atoms with Gasteiger partial charge in [-0.3, -0.25) is 0 Å². The van der Waals surface area contributed by atoms with Gasteiger partial charge in [0.05, 0.1) is 12.1 Å². The fraction of sp³-hybridized carbons (Fsp3) is 0. The molecule has 0 unspecified atom stereocenters. The van der Waals surface area contributed by atoms with Crippen molar-refractivity contribution in [3.8, 4) is 12.1 Å². The zero-order chi connectivity index (χ0) is 8.74. The van der Waals surface area contributed by atoms with E-state index < -0.39 is 9.84 Å². The van der Waals surface area contributed by atoms with Gasteiger partial charge in [0.1, 0.15) is 0 Å². The molecule has 0 bridgehead atoms. The molecule has 0 spiro atoms. The van der Waals surface area contributed by atoms with Crippen molar-refractivity contribution in [2.75, 3.05) is 0 Å². The Morgan fingerprint density at radius 2 is 1.36 bits per heavy atom. The van der Waals surface area contributed by atoms with Gasteiger partial charge in [-0.1, -0.05) is 0 Å². The molecule has 0 saturated heterocycles. The van der Waals surface area contributed by atoms with Crippen molar-refractivity contribution in [2.24, 2.45) is 0 Å². The summed E-state index contributed by atoms with van der Waals surface area (Å²) in [6, 6.07) is 3.05. The van der Waals surface area contributed by atoms with E-state index in [4.69, 9.17) is 10.5 Å². The van der Waals surface area contributed by atoms with E-state index in [1.54, 1.807) is 0 Å². The highest BCUT2D eigenvalue weighted by Gasteiger charge is 1.96. The Morgan fingerprint density at radius 1 is 1.00 bits per heavy atom. The van der Waals surface area contributed by atoms with Crippen LogP contribution in [0.3, 0.4) is 0 Å². The second-order valence-corrected chi connectivity index (χ2v) is 3.18. The lowest BCUT2D eigenvalue weighted by atomic mass is 10.7. The molecule has 11 heavy (non-hydrogen) atoms. The fourth-order valence-corrected chi connectivity index (χ4v) is 0.888. The summed E-state index contributed by atoms with van der Waals surface area (Å²) in [7, 11) is -3.51. The highest BCUT2D eigenvalue weighted by atomic mass is 32.2. The molecule has 0 aliphatic carbocycles. The van der Waals surface area contributed by atoms with Crippen molar-refractivity contribution in [3.05, 3.63) is 23.0 Å². The highest BCUT2D eigenvalue weighted by Crippen LogP contribution is 1.93. The molecule has 0 aromatic rings. The summed E-state index contributed by atoms with van der Waals surface area (Å²) in [6.07, 6.45) is 1.66. The van der Waals surface area contributed by atoms with Gasteiger partial charge in [0, 0.05) is 23.0 Å². The lowest BCUT2D eigenvalue weighted by Gasteiger charge is -1.81. The highest BCUT2D eigenvalue weighted by molar-refractivity contribution is 7.97. The molecule has 0 aromatic carbocycles. The molecule has 0 radical (unpaired) electrons. The van der Waals surface area contributed by atoms with Gasteiger partial charge < -0.3 is 0 Å². The molecule has 0 atom stereocenters. The summed E-state index contributed by atoms with van der Waals surface area (Å²) < 4.78 is 21.3. The predicted octanol–water partition coefficient (Wildman–Crippen LogP) is 0.476. The third kappa shape index (κ3) is 4.89. The van der Waals surface area contributed by atoms with Crippen molar-refractivity contribution >= 4 is 9.84 Å². The van der Waals surface area contributed by atoms with E-state index in [1.807, 2.05) is 0 Å².